The number of nitro benzene ring substituents is 1. The van der Waals surface area contributed by atoms with E-state index in [4.69, 9.17) is 27.9 Å². The highest BCUT2D eigenvalue weighted by molar-refractivity contribution is 6.37. The molecule has 0 radical (unpaired) electrons. The Labute approximate surface area is 188 Å². The summed E-state index contributed by atoms with van der Waals surface area (Å²) in [7, 11) is 0. The van der Waals surface area contributed by atoms with Crippen LogP contribution >= 0.6 is 23.2 Å². The Balaban J connectivity index is 1.89. The molecule has 3 aromatic carbocycles. The zero-order valence-corrected chi connectivity index (χ0v) is 17.4. The summed E-state index contributed by atoms with van der Waals surface area (Å²) < 4.78 is 5.73. The number of nitriles is 2. The molecule has 0 bridgehead atoms. The van der Waals surface area contributed by atoms with Crippen LogP contribution in [0.5, 0.6) is 5.75 Å². The van der Waals surface area contributed by atoms with Gasteiger partial charge in [0, 0.05) is 17.7 Å². The van der Waals surface area contributed by atoms with Gasteiger partial charge in [-0.1, -0.05) is 53.5 Å². The molecular formula is C23H13Cl2N3O3. The van der Waals surface area contributed by atoms with E-state index in [1.165, 1.54) is 24.3 Å². The van der Waals surface area contributed by atoms with Gasteiger partial charge in [0.25, 0.3) is 5.69 Å². The highest BCUT2D eigenvalue weighted by Gasteiger charge is 2.13. The van der Waals surface area contributed by atoms with Crippen molar-refractivity contribution in [3.05, 3.63) is 103 Å². The van der Waals surface area contributed by atoms with E-state index in [2.05, 4.69) is 6.07 Å². The van der Waals surface area contributed by atoms with Gasteiger partial charge in [0.1, 0.15) is 6.61 Å². The minimum Gasteiger partial charge on any atom is -0.486 e. The lowest BCUT2D eigenvalue weighted by Gasteiger charge is -2.12. The third kappa shape index (κ3) is 5.21. The summed E-state index contributed by atoms with van der Waals surface area (Å²) in [6, 6.07) is 20.1. The van der Waals surface area contributed by atoms with Gasteiger partial charge in [-0.3, -0.25) is 10.1 Å². The molecule has 0 aliphatic heterocycles. The number of non-ortho nitro benzene ring substituents is 1. The predicted octanol–water partition coefficient (Wildman–Crippen LogP) is 6.42. The molecule has 0 N–H and O–H groups in total. The van der Waals surface area contributed by atoms with E-state index in [1.807, 2.05) is 6.07 Å². The van der Waals surface area contributed by atoms with Gasteiger partial charge in [-0.25, -0.2) is 0 Å². The van der Waals surface area contributed by atoms with Crippen LogP contribution in [0.1, 0.15) is 22.3 Å². The van der Waals surface area contributed by atoms with Gasteiger partial charge < -0.3 is 4.74 Å². The molecule has 0 heterocycles. The zero-order chi connectivity index (χ0) is 22.4. The van der Waals surface area contributed by atoms with Gasteiger partial charge >= 0.3 is 0 Å². The molecule has 0 amide bonds. The molecule has 0 atom stereocenters. The molecule has 0 saturated heterocycles. The minimum atomic E-state index is -0.525. The first-order chi connectivity index (χ1) is 14.9. The summed E-state index contributed by atoms with van der Waals surface area (Å²) >= 11 is 12.7. The Kier molecular flexibility index (Phi) is 6.89. The second-order valence-electron chi connectivity index (χ2n) is 6.35. The molecule has 3 rings (SSSR count). The number of rotatable bonds is 6. The lowest BCUT2D eigenvalue weighted by molar-refractivity contribution is -0.384. The fraction of sp³-hybridized carbons (Fsp3) is 0.0435. The lowest BCUT2D eigenvalue weighted by Crippen LogP contribution is -1.99. The van der Waals surface area contributed by atoms with Gasteiger partial charge in [-0.15, -0.1) is 0 Å². The average molecular weight is 450 g/mol. The molecule has 0 spiro atoms. The Morgan fingerprint density at radius 3 is 2.42 bits per heavy atom. The summed E-state index contributed by atoms with van der Waals surface area (Å²) in [6.07, 6.45) is 1.53. The number of hydrogen-bond acceptors (Lipinski definition) is 5. The van der Waals surface area contributed by atoms with Crippen LogP contribution in [0.15, 0.2) is 60.7 Å². The van der Waals surface area contributed by atoms with Crippen LogP contribution in [-0.2, 0) is 6.61 Å². The number of nitrogens with zero attached hydrogens (tertiary/aromatic N) is 3. The maximum atomic E-state index is 11.0. The average Bonchev–Trinajstić information content (AvgIpc) is 2.77. The van der Waals surface area contributed by atoms with Crippen molar-refractivity contribution < 1.29 is 9.66 Å². The van der Waals surface area contributed by atoms with Crippen molar-refractivity contribution in [2.45, 2.75) is 6.61 Å². The highest BCUT2D eigenvalue weighted by Crippen LogP contribution is 2.36. The zero-order valence-electron chi connectivity index (χ0n) is 15.9. The van der Waals surface area contributed by atoms with Gasteiger partial charge in [-0.05, 0) is 35.4 Å². The number of nitro groups is 1. The van der Waals surface area contributed by atoms with Crippen LogP contribution in [0.25, 0.3) is 11.6 Å². The van der Waals surface area contributed by atoms with Crippen molar-refractivity contribution in [3.63, 3.8) is 0 Å². The third-order valence-electron chi connectivity index (χ3n) is 4.33. The van der Waals surface area contributed by atoms with Gasteiger partial charge in [0.2, 0.25) is 0 Å². The topological polar surface area (TPSA) is 99.9 Å². The number of allylic oxidation sites excluding steroid dienone is 1. The van der Waals surface area contributed by atoms with Crippen LogP contribution in [0.4, 0.5) is 5.69 Å². The number of benzene rings is 3. The van der Waals surface area contributed by atoms with Crippen molar-refractivity contribution in [1.29, 1.82) is 10.5 Å². The smallest absolute Gasteiger partial charge is 0.270 e. The Morgan fingerprint density at radius 2 is 1.77 bits per heavy atom. The Hall–Kier alpha value is -3.84. The minimum absolute atomic E-state index is 0.107. The van der Waals surface area contributed by atoms with Crippen LogP contribution in [0, 0.1) is 32.8 Å². The van der Waals surface area contributed by atoms with Crippen molar-refractivity contribution in [1.82, 2.24) is 0 Å². The summed E-state index contributed by atoms with van der Waals surface area (Å²) in [5.74, 6) is 0.252. The normalized spacial score (nSPS) is 10.8. The fourth-order valence-electron chi connectivity index (χ4n) is 2.84. The molecule has 8 heteroatoms. The first-order valence-corrected chi connectivity index (χ1v) is 9.65. The Bertz CT molecular complexity index is 1250. The molecule has 0 unspecified atom stereocenters. The molecular weight excluding hydrogens is 437 g/mol. The third-order valence-corrected chi connectivity index (χ3v) is 4.89. The van der Waals surface area contributed by atoms with Crippen LogP contribution < -0.4 is 4.74 Å². The maximum Gasteiger partial charge on any atom is 0.270 e. The first-order valence-electron chi connectivity index (χ1n) is 8.89. The second-order valence-corrected chi connectivity index (χ2v) is 7.16. The van der Waals surface area contributed by atoms with Crippen LogP contribution in [-0.4, -0.2) is 4.92 Å². The monoisotopic (exact) mass is 449 g/mol. The van der Waals surface area contributed by atoms with E-state index in [1.54, 1.807) is 42.5 Å². The van der Waals surface area contributed by atoms with Gasteiger partial charge in [-0.2, -0.15) is 10.5 Å². The summed E-state index contributed by atoms with van der Waals surface area (Å²) in [4.78, 5) is 10.5. The summed E-state index contributed by atoms with van der Waals surface area (Å²) in [5.41, 5.74) is 2.22. The lowest BCUT2D eigenvalue weighted by atomic mass is 10.0. The predicted molar refractivity (Wildman–Crippen MR) is 119 cm³/mol. The summed E-state index contributed by atoms with van der Waals surface area (Å²) in [6.45, 7) is 0.107. The molecule has 6 nitrogen and oxygen atoms in total. The summed E-state index contributed by atoms with van der Waals surface area (Å²) in [5, 5.41) is 30.1. The Morgan fingerprint density at radius 1 is 1.06 bits per heavy atom. The van der Waals surface area contributed by atoms with Crippen molar-refractivity contribution in [2.24, 2.45) is 0 Å². The van der Waals surface area contributed by atoms with E-state index in [9.17, 15) is 20.6 Å². The number of ether oxygens (including phenoxy) is 1. The van der Waals surface area contributed by atoms with Gasteiger partial charge in [0.05, 0.1) is 38.2 Å². The van der Waals surface area contributed by atoms with Crippen LogP contribution in [0.2, 0.25) is 10.0 Å². The standard InChI is InChI=1S/C23H13Cl2N3O3/c24-21-9-15(8-19(13-27)16-6-3-7-20(11-16)28(29)30)10-22(25)23(21)31-14-18-5-2-1-4-17(18)12-26/h1-11H,14H2. The molecule has 0 aliphatic rings. The molecule has 0 saturated carbocycles. The fourth-order valence-corrected chi connectivity index (χ4v) is 3.45. The quantitative estimate of drug-likeness (QED) is 0.187. The first kappa shape index (κ1) is 21.9. The second kappa shape index (κ2) is 9.77. The van der Waals surface area contributed by atoms with E-state index in [0.717, 1.165) is 0 Å². The van der Waals surface area contributed by atoms with Crippen molar-refractivity contribution in [3.8, 4) is 17.9 Å². The molecule has 31 heavy (non-hydrogen) atoms. The SMILES string of the molecule is N#CC(=Cc1cc(Cl)c(OCc2ccccc2C#N)c(Cl)c1)c1cccc([N+](=O)[O-])c1. The maximum absolute atomic E-state index is 11.0. The van der Waals surface area contributed by atoms with Crippen molar-refractivity contribution in [2.75, 3.05) is 0 Å². The van der Waals surface area contributed by atoms with E-state index in [-0.39, 0.29) is 33.7 Å². The van der Waals surface area contributed by atoms with E-state index < -0.39 is 4.92 Å². The molecule has 0 fully saturated rings. The number of hydrogen-bond donors (Lipinski definition) is 0. The molecule has 3 aromatic rings. The number of halogens is 2. The van der Waals surface area contributed by atoms with Crippen molar-refractivity contribution >= 4 is 40.5 Å². The molecule has 0 aliphatic carbocycles. The molecule has 152 valence electrons. The van der Waals surface area contributed by atoms with Gasteiger partial charge in [0.15, 0.2) is 5.75 Å². The van der Waals surface area contributed by atoms with E-state index >= 15 is 0 Å². The molecule has 0 aromatic heterocycles. The highest BCUT2D eigenvalue weighted by atomic mass is 35.5. The largest absolute Gasteiger partial charge is 0.486 e. The van der Waals surface area contributed by atoms with Crippen LogP contribution in [0.3, 0.4) is 0 Å². The van der Waals surface area contributed by atoms with E-state index in [0.29, 0.717) is 22.3 Å².